The van der Waals surface area contributed by atoms with E-state index in [4.69, 9.17) is 0 Å². The highest BCUT2D eigenvalue weighted by molar-refractivity contribution is 7.91. The summed E-state index contributed by atoms with van der Waals surface area (Å²) in [6.07, 6.45) is 0.354. The van der Waals surface area contributed by atoms with Gasteiger partial charge in [0.25, 0.3) is 0 Å². The summed E-state index contributed by atoms with van der Waals surface area (Å²) in [6, 6.07) is 5.26. The van der Waals surface area contributed by atoms with Crippen molar-refractivity contribution in [2.45, 2.75) is 25.9 Å². The summed E-state index contributed by atoms with van der Waals surface area (Å²) < 4.78 is 35.8. The number of rotatable bonds is 5. The first-order valence-corrected chi connectivity index (χ1v) is 9.08. The van der Waals surface area contributed by atoms with Crippen LogP contribution in [0.3, 0.4) is 0 Å². The Morgan fingerprint density at radius 2 is 1.96 bits per heavy atom. The van der Waals surface area contributed by atoms with Crippen molar-refractivity contribution < 1.29 is 22.4 Å². The minimum atomic E-state index is -3.13. The van der Waals surface area contributed by atoms with Crippen LogP contribution in [0.25, 0.3) is 0 Å². The van der Waals surface area contributed by atoms with Gasteiger partial charge in [0.05, 0.1) is 18.1 Å². The van der Waals surface area contributed by atoms with Gasteiger partial charge >= 0.3 is 0 Å². The number of halogens is 1. The predicted octanol–water partition coefficient (Wildman–Crippen LogP) is 0.478. The lowest BCUT2D eigenvalue weighted by Crippen LogP contribution is -2.45. The highest BCUT2D eigenvalue weighted by Gasteiger charge is 2.34. The van der Waals surface area contributed by atoms with E-state index in [-0.39, 0.29) is 42.2 Å². The smallest absolute Gasteiger partial charge is 0.239 e. The van der Waals surface area contributed by atoms with E-state index in [9.17, 15) is 22.4 Å². The molecule has 1 atom stereocenters. The molecule has 1 N–H and O–H groups in total. The van der Waals surface area contributed by atoms with Gasteiger partial charge in [0, 0.05) is 19.5 Å². The standard InChI is InChI=1S/C15H19FN2O4S/c1-11(19)18(14-6-7-23(21,22)10-14)9-15(20)17-8-12-2-4-13(16)5-3-12/h2-5,14H,6-10H2,1H3,(H,17,20). The summed E-state index contributed by atoms with van der Waals surface area (Å²) in [5, 5.41) is 2.64. The van der Waals surface area contributed by atoms with Crippen molar-refractivity contribution in [3.63, 3.8) is 0 Å². The van der Waals surface area contributed by atoms with E-state index in [2.05, 4.69) is 5.32 Å². The SMILES string of the molecule is CC(=O)N(CC(=O)NCc1ccc(F)cc1)C1CCS(=O)(=O)C1. The third-order valence-corrected chi connectivity index (χ3v) is 5.52. The molecule has 0 radical (unpaired) electrons. The zero-order valence-corrected chi connectivity index (χ0v) is 13.6. The molecule has 1 fully saturated rings. The Bertz CT molecular complexity index is 688. The number of carbonyl (C=O) groups is 2. The molecule has 23 heavy (non-hydrogen) atoms. The minimum absolute atomic E-state index is 0.0403. The van der Waals surface area contributed by atoms with Gasteiger partial charge in [-0.3, -0.25) is 9.59 Å². The Balaban J connectivity index is 1.91. The molecule has 2 amide bonds. The Kier molecular flexibility index (Phi) is 5.35. The van der Waals surface area contributed by atoms with Gasteiger partial charge in [0.2, 0.25) is 11.8 Å². The molecule has 1 aliphatic heterocycles. The number of hydrogen-bond donors (Lipinski definition) is 1. The Hall–Kier alpha value is -1.96. The minimum Gasteiger partial charge on any atom is -0.350 e. The van der Waals surface area contributed by atoms with Crippen molar-refractivity contribution in [2.24, 2.45) is 0 Å². The first-order valence-electron chi connectivity index (χ1n) is 7.25. The van der Waals surface area contributed by atoms with Crippen LogP contribution in [-0.4, -0.2) is 49.2 Å². The predicted molar refractivity (Wildman–Crippen MR) is 82.7 cm³/mol. The summed E-state index contributed by atoms with van der Waals surface area (Å²) in [7, 11) is -3.13. The second kappa shape index (κ2) is 7.08. The van der Waals surface area contributed by atoms with Crippen molar-refractivity contribution in [1.82, 2.24) is 10.2 Å². The third-order valence-electron chi connectivity index (χ3n) is 3.77. The van der Waals surface area contributed by atoms with Gasteiger partial charge < -0.3 is 10.2 Å². The molecule has 8 heteroatoms. The van der Waals surface area contributed by atoms with E-state index in [1.165, 1.54) is 24.0 Å². The van der Waals surface area contributed by atoms with E-state index >= 15 is 0 Å². The molecular weight excluding hydrogens is 323 g/mol. The molecule has 0 aromatic heterocycles. The molecule has 1 aliphatic rings. The van der Waals surface area contributed by atoms with Crippen LogP contribution < -0.4 is 5.32 Å². The third kappa shape index (κ3) is 5.02. The zero-order valence-electron chi connectivity index (χ0n) is 12.8. The number of carbonyl (C=O) groups excluding carboxylic acids is 2. The molecule has 1 saturated heterocycles. The van der Waals surface area contributed by atoms with Gasteiger partial charge in [0.1, 0.15) is 5.82 Å². The molecule has 6 nitrogen and oxygen atoms in total. The first kappa shape index (κ1) is 17.4. The molecule has 0 spiro atoms. The number of nitrogens with one attached hydrogen (secondary N) is 1. The summed E-state index contributed by atoms with van der Waals surface area (Å²) in [4.78, 5) is 25.0. The van der Waals surface area contributed by atoms with Crippen LogP contribution in [0.4, 0.5) is 4.39 Å². The van der Waals surface area contributed by atoms with E-state index in [0.717, 1.165) is 5.56 Å². The van der Waals surface area contributed by atoms with Crippen molar-refractivity contribution in [1.29, 1.82) is 0 Å². The zero-order chi connectivity index (χ0) is 17.0. The van der Waals surface area contributed by atoms with E-state index in [1.54, 1.807) is 12.1 Å². The molecule has 0 saturated carbocycles. The van der Waals surface area contributed by atoms with Crippen LogP contribution in [0.5, 0.6) is 0 Å². The van der Waals surface area contributed by atoms with Gasteiger partial charge in [-0.15, -0.1) is 0 Å². The number of amides is 2. The fraction of sp³-hybridized carbons (Fsp3) is 0.467. The largest absolute Gasteiger partial charge is 0.350 e. The first-order chi connectivity index (χ1) is 10.8. The average Bonchev–Trinajstić information content (AvgIpc) is 2.83. The summed E-state index contributed by atoms with van der Waals surface area (Å²) in [5.74, 6) is -1.13. The van der Waals surface area contributed by atoms with Crippen molar-refractivity contribution >= 4 is 21.7 Å². The number of sulfone groups is 1. The van der Waals surface area contributed by atoms with E-state index < -0.39 is 15.9 Å². The number of benzene rings is 1. The monoisotopic (exact) mass is 342 g/mol. The second-order valence-electron chi connectivity index (χ2n) is 5.61. The molecule has 1 unspecified atom stereocenters. The van der Waals surface area contributed by atoms with Crippen LogP contribution in [0.15, 0.2) is 24.3 Å². The highest BCUT2D eigenvalue weighted by atomic mass is 32.2. The maximum absolute atomic E-state index is 12.8. The topological polar surface area (TPSA) is 83.6 Å². The molecule has 1 aromatic rings. The fourth-order valence-electron chi connectivity index (χ4n) is 2.53. The second-order valence-corrected chi connectivity index (χ2v) is 7.84. The molecule has 126 valence electrons. The van der Waals surface area contributed by atoms with Gasteiger partial charge in [-0.1, -0.05) is 12.1 Å². The molecule has 0 bridgehead atoms. The normalized spacial score (nSPS) is 19.3. The van der Waals surface area contributed by atoms with Crippen LogP contribution in [-0.2, 0) is 26.0 Å². The summed E-state index contributed by atoms with van der Waals surface area (Å²) >= 11 is 0. The van der Waals surface area contributed by atoms with Crippen LogP contribution in [0.2, 0.25) is 0 Å². The van der Waals surface area contributed by atoms with Gasteiger partial charge in [-0.25, -0.2) is 12.8 Å². The lowest BCUT2D eigenvalue weighted by molar-refractivity contribution is -0.136. The van der Waals surface area contributed by atoms with Gasteiger partial charge in [-0.05, 0) is 24.1 Å². The molecule has 2 rings (SSSR count). The quantitative estimate of drug-likeness (QED) is 0.843. The average molecular weight is 342 g/mol. The van der Waals surface area contributed by atoms with E-state index in [1.807, 2.05) is 0 Å². The van der Waals surface area contributed by atoms with Gasteiger partial charge in [-0.2, -0.15) is 0 Å². The Morgan fingerprint density at radius 1 is 1.30 bits per heavy atom. The Morgan fingerprint density at radius 3 is 2.48 bits per heavy atom. The van der Waals surface area contributed by atoms with Crippen LogP contribution >= 0.6 is 0 Å². The maximum atomic E-state index is 12.8. The van der Waals surface area contributed by atoms with Crippen molar-refractivity contribution in [2.75, 3.05) is 18.1 Å². The summed E-state index contributed by atoms with van der Waals surface area (Å²) in [5.41, 5.74) is 0.734. The lowest BCUT2D eigenvalue weighted by atomic mass is 10.2. The highest BCUT2D eigenvalue weighted by Crippen LogP contribution is 2.17. The molecule has 1 heterocycles. The number of hydrogen-bond acceptors (Lipinski definition) is 4. The fourth-order valence-corrected chi connectivity index (χ4v) is 4.26. The van der Waals surface area contributed by atoms with Crippen LogP contribution in [0, 0.1) is 5.82 Å². The summed E-state index contributed by atoms with van der Waals surface area (Å²) in [6.45, 7) is 1.35. The molecule has 1 aromatic carbocycles. The van der Waals surface area contributed by atoms with Crippen LogP contribution in [0.1, 0.15) is 18.9 Å². The molecular formula is C15H19FN2O4S. The van der Waals surface area contributed by atoms with E-state index in [0.29, 0.717) is 6.42 Å². The van der Waals surface area contributed by atoms with Gasteiger partial charge in [0.15, 0.2) is 9.84 Å². The number of nitrogens with zero attached hydrogens (tertiary/aromatic N) is 1. The Labute approximate surface area is 134 Å². The molecule has 0 aliphatic carbocycles. The maximum Gasteiger partial charge on any atom is 0.239 e. The van der Waals surface area contributed by atoms with Crippen molar-refractivity contribution in [3.8, 4) is 0 Å². The lowest BCUT2D eigenvalue weighted by Gasteiger charge is -2.26. The van der Waals surface area contributed by atoms with Crippen molar-refractivity contribution in [3.05, 3.63) is 35.6 Å².